The molecule has 8 heterocycles. The van der Waals surface area contributed by atoms with Gasteiger partial charge in [0.1, 0.15) is 0 Å². The van der Waals surface area contributed by atoms with Crippen LogP contribution in [0.5, 0.6) is 0 Å². The van der Waals surface area contributed by atoms with Gasteiger partial charge in [-0.15, -0.1) is 0 Å². The molecule has 0 fully saturated rings. The summed E-state index contributed by atoms with van der Waals surface area (Å²) in [7, 11) is 6.24. The summed E-state index contributed by atoms with van der Waals surface area (Å²) in [5, 5.41) is 2.90. The number of fused-ring (bicyclic) bond motifs is 8. The maximum Gasteiger partial charge on any atom is 0.221 e. The van der Waals surface area contributed by atoms with E-state index in [9.17, 15) is 4.79 Å². The van der Waals surface area contributed by atoms with Crippen molar-refractivity contribution in [2.45, 2.75) is 6.92 Å². The standard InChI is InChI=1S/C46H42N8O/c1-29(55)47-34-7-5-30(6-8-34)43-35-9-11-37(48-35)44(31-17-23-52(2)24-18-31)39-13-15-41(50-39)46(33-21-27-54(4)28-22-33)42-16-14-40(51-42)45(38-12-10-36(43)49-38)32-19-25-53(3)26-20-32/h5-23,25,27,48,51H,24,26,28H2,1-4H3,(H,47,55). The van der Waals surface area contributed by atoms with Crippen molar-refractivity contribution in [2.75, 3.05) is 46.1 Å². The first-order valence-corrected chi connectivity index (χ1v) is 18.6. The minimum atomic E-state index is -0.108. The molecule has 9 heteroatoms. The number of carbonyl (C=O) groups is 1. The number of nitrogens with one attached hydrogen (secondary N) is 3. The fourth-order valence-electron chi connectivity index (χ4n) is 7.64. The summed E-state index contributed by atoms with van der Waals surface area (Å²) in [5.41, 5.74) is 16.5. The van der Waals surface area contributed by atoms with Gasteiger partial charge in [0.15, 0.2) is 0 Å². The van der Waals surface area contributed by atoms with Gasteiger partial charge in [-0.05, 0) is 120 Å². The Hall–Kier alpha value is -6.87. The van der Waals surface area contributed by atoms with Crippen LogP contribution in [0.15, 0.2) is 104 Å². The largest absolute Gasteiger partial charge is 0.377 e. The number of likely N-dealkylation sites (N-methyl/N-ethyl adjacent to an activating group) is 3. The quantitative estimate of drug-likeness (QED) is 0.165. The van der Waals surface area contributed by atoms with Crippen LogP contribution < -0.4 is 5.32 Å². The summed E-state index contributed by atoms with van der Waals surface area (Å²) in [4.78, 5) is 36.8. The van der Waals surface area contributed by atoms with Gasteiger partial charge in [-0.1, -0.05) is 30.4 Å². The SMILES string of the molecule is CC(=O)Nc1ccc(-c2c3nc(c(C4=CCN(C)C=C4)c4ccc([nH]4)c(C4=CCN(C)C=C4)c4nc(c(C5=CCN(C)C=C5)c5ccc2[nH]5)C=C4)C=C3)cc1. The first-order valence-electron chi connectivity index (χ1n) is 18.6. The van der Waals surface area contributed by atoms with E-state index in [2.05, 4.69) is 155 Å². The van der Waals surface area contributed by atoms with Gasteiger partial charge in [0.2, 0.25) is 5.91 Å². The molecule has 0 radical (unpaired) electrons. The highest BCUT2D eigenvalue weighted by Gasteiger charge is 2.21. The second kappa shape index (κ2) is 13.8. The summed E-state index contributed by atoms with van der Waals surface area (Å²) in [5.74, 6) is -0.108. The van der Waals surface area contributed by atoms with E-state index in [0.29, 0.717) is 0 Å². The van der Waals surface area contributed by atoms with Gasteiger partial charge in [0.25, 0.3) is 0 Å². The molecule has 5 aliphatic rings. The Morgan fingerprint density at radius 3 is 1.24 bits per heavy atom. The van der Waals surface area contributed by atoms with E-state index in [0.717, 1.165) is 115 Å². The first-order chi connectivity index (χ1) is 26.8. The molecule has 0 saturated heterocycles. The van der Waals surface area contributed by atoms with Crippen molar-refractivity contribution in [3.05, 3.63) is 143 Å². The zero-order valence-corrected chi connectivity index (χ0v) is 31.4. The van der Waals surface area contributed by atoms with Gasteiger partial charge in [0, 0.05) is 97.7 Å². The predicted molar refractivity (Wildman–Crippen MR) is 228 cm³/mol. The average molecular weight is 723 g/mol. The first kappa shape index (κ1) is 33.9. The molecular formula is C46H42N8O. The van der Waals surface area contributed by atoms with E-state index < -0.39 is 0 Å². The lowest BCUT2D eigenvalue weighted by molar-refractivity contribution is -0.114. The predicted octanol–water partition coefficient (Wildman–Crippen LogP) is 8.81. The molecule has 272 valence electrons. The molecular weight excluding hydrogens is 681 g/mol. The lowest BCUT2D eigenvalue weighted by Gasteiger charge is -2.18. The fraction of sp³-hybridized carbons (Fsp3) is 0.152. The van der Waals surface area contributed by atoms with Crippen LogP contribution in [0, 0.1) is 0 Å². The Kier molecular flexibility index (Phi) is 8.54. The number of aromatic amines is 2. The normalized spacial score (nSPS) is 16.1. The Balaban J connectivity index is 1.40. The Labute approximate surface area is 320 Å². The van der Waals surface area contributed by atoms with Crippen molar-refractivity contribution in [3.8, 4) is 11.1 Å². The lowest BCUT2D eigenvalue weighted by atomic mass is 10.0. The van der Waals surface area contributed by atoms with Gasteiger partial charge in [-0.3, -0.25) is 4.79 Å². The molecule has 0 saturated carbocycles. The number of H-pyrrole nitrogens is 2. The van der Waals surface area contributed by atoms with Gasteiger partial charge in [-0.2, -0.15) is 0 Å². The molecule has 3 N–H and O–H groups in total. The van der Waals surface area contributed by atoms with Crippen LogP contribution in [0.1, 0.15) is 46.4 Å². The molecule has 0 unspecified atom stereocenters. The average Bonchev–Trinajstić information content (AvgIpc) is 4.02. The molecule has 3 aromatic heterocycles. The molecule has 1 aromatic carbocycles. The number of benzene rings is 1. The van der Waals surface area contributed by atoms with Crippen LogP contribution in [0.2, 0.25) is 0 Å². The third kappa shape index (κ3) is 6.54. The van der Waals surface area contributed by atoms with E-state index >= 15 is 0 Å². The van der Waals surface area contributed by atoms with Gasteiger partial charge < -0.3 is 30.0 Å². The van der Waals surface area contributed by atoms with Crippen molar-refractivity contribution in [2.24, 2.45) is 0 Å². The third-order valence-electron chi connectivity index (χ3n) is 10.4. The highest BCUT2D eigenvalue weighted by atomic mass is 16.1. The molecule has 8 bridgehead atoms. The number of aromatic nitrogens is 4. The molecule has 4 aromatic rings. The molecule has 9 rings (SSSR count). The van der Waals surface area contributed by atoms with Gasteiger partial charge in [-0.25, -0.2) is 9.97 Å². The van der Waals surface area contributed by atoms with Crippen molar-refractivity contribution >= 4 is 74.7 Å². The number of amides is 1. The maximum atomic E-state index is 11.9. The van der Waals surface area contributed by atoms with E-state index in [1.807, 2.05) is 24.3 Å². The monoisotopic (exact) mass is 722 g/mol. The zero-order chi connectivity index (χ0) is 37.6. The van der Waals surface area contributed by atoms with Crippen molar-refractivity contribution in [1.82, 2.24) is 34.6 Å². The topological polar surface area (TPSA) is 96.2 Å². The van der Waals surface area contributed by atoms with Crippen molar-refractivity contribution in [3.63, 3.8) is 0 Å². The molecule has 1 amide bonds. The summed E-state index contributed by atoms with van der Waals surface area (Å²) in [6.07, 6.45) is 28.2. The van der Waals surface area contributed by atoms with E-state index in [1.165, 1.54) is 6.92 Å². The van der Waals surface area contributed by atoms with E-state index in [4.69, 9.17) is 9.97 Å². The number of hydrogen-bond donors (Lipinski definition) is 3. The van der Waals surface area contributed by atoms with E-state index in [1.54, 1.807) is 0 Å². The number of carbonyl (C=O) groups excluding carboxylic acids is 1. The van der Waals surface area contributed by atoms with Crippen LogP contribution in [-0.2, 0) is 4.79 Å². The fourth-order valence-corrected chi connectivity index (χ4v) is 7.64. The maximum absolute atomic E-state index is 11.9. The van der Waals surface area contributed by atoms with Crippen LogP contribution >= 0.6 is 0 Å². The molecule has 5 aliphatic heterocycles. The smallest absolute Gasteiger partial charge is 0.221 e. The van der Waals surface area contributed by atoms with Crippen LogP contribution in [0.25, 0.3) is 74.2 Å². The highest BCUT2D eigenvalue weighted by Crippen LogP contribution is 2.37. The molecule has 9 nitrogen and oxygen atoms in total. The second-order valence-corrected chi connectivity index (χ2v) is 14.5. The Morgan fingerprint density at radius 1 is 0.527 bits per heavy atom. The number of hydrogen-bond acceptors (Lipinski definition) is 6. The number of rotatable bonds is 5. The number of nitrogens with zero attached hydrogens (tertiary/aromatic N) is 5. The molecule has 55 heavy (non-hydrogen) atoms. The van der Waals surface area contributed by atoms with Crippen molar-refractivity contribution < 1.29 is 4.79 Å². The van der Waals surface area contributed by atoms with Gasteiger partial charge >= 0.3 is 0 Å². The van der Waals surface area contributed by atoms with Gasteiger partial charge in [0.05, 0.1) is 22.8 Å². The zero-order valence-electron chi connectivity index (χ0n) is 31.4. The summed E-state index contributed by atoms with van der Waals surface area (Å²) in [6.45, 7) is 3.92. The third-order valence-corrected chi connectivity index (χ3v) is 10.4. The summed E-state index contributed by atoms with van der Waals surface area (Å²) >= 11 is 0. The lowest BCUT2D eigenvalue weighted by Crippen LogP contribution is -2.13. The summed E-state index contributed by atoms with van der Waals surface area (Å²) in [6, 6.07) is 16.6. The molecule has 0 atom stereocenters. The second-order valence-electron chi connectivity index (χ2n) is 14.5. The van der Waals surface area contributed by atoms with Crippen molar-refractivity contribution in [1.29, 1.82) is 0 Å². The molecule has 0 aliphatic carbocycles. The highest BCUT2D eigenvalue weighted by molar-refractivity contribution is 5.99. The Morgan fingerprint density at radius 2 is 0.891 bits per heavy atom. The number of allylic oxidation sites excluding steroid dienone is 6. The van der Waals surface area contributed by atoms with Crippen LogP contribution in [0.4, 0.5) is 5.69 Å². The number of anilines is 1. The summed E-state index contributed by atoms with van der Waals surface area (Å²) < 4.78 is 0. The minimum absolute atomic E-state index is 0.108. The Bertz CT molecular complexity index is 2640. The minimum Gasteiger partial charge on any atom is -0.377 e. The van der Waals surface area contributed by atoms with Crippen LogP contribution in [0.3, 0.4) is 0 Å². The molecule has 0 spiro atoms. The van der Waals surface area contributed by atoms with E-state index in [-0.39, 0.29) is 5.91 Å². The van der Waals surface area contributed by atoms with Crippen LogP contribution in [-0.4, -0.2) is 81.3 Å².